The number of furan rings is 1. The van der Waals surface area contributed by atoms with Crippen molar-refractivity contribution < 1.29 is 4.42 Å². The van der Waals surface area contributed by atoms with Gasteiger partial charge < -0.3 is 13.9 Å². The van der Waals surface area contributed by atoms with Crippen LogP contribution >= 0.6 is 11.3 Å². The summed E-state index contributed by atoms with van der Waals surface area (Å²) >= 11 is 1.86. The van der Waals surface area contributed by atoms with Gasteiger partial charge in [-0.1, -0.05) is 140 Å². The van der Waals surface area contributed by atoms with Crippen LogP contribution in [0.15, 0.2) is 223 Å². The summed E-state index contributed by atoms with van der Waals surface area (Å²) in [4.78, 5) is 2.42. The molecule has 4 heteroatoms. The number of hydrogen-bond donors (Lipinski definition) is 0. The zero-order chi connectivity index (χ0) is 40.7. The van der Waals surface area contributed by atoms with E-state index in [2.05, 4.69) is 228 Å². The van der Waals surface area contributed by atoms with Crippen molar-refractivity contribution in [2.75, 3.05) is 4.90 Å². The van der Waals surface area contributed by atoms with E-state index in [9.17, 15) is 0 Å². The second-order valence-corrected chi connectivity index (χ2v) is 17.1. The van der Waals surface area contributed by atoms with E-state index in [1.165, 1.54) is 53.0 Å². The zero-order valence-corrected chi connectivity index (χ0v) is 34.3. The molecule has 290 valence electrons. The fourth-order valence-electron chi connectivity index (χ4n) is 9.72. The molecule has 13 aromatic rings. The Bertz CT molecular complexity index is 3860. The number of hydrogen-bond acceptors (Lipinski definition) is 3. The monoisotopic (exact) mass is 808 g/mol. The van der Waals surface area contributed by atoms with Crippen molar-refractivity contribution in [1.82, 2.24) is 4.57 Å². The average molecular weight is 809 g/mol. The van der Waals surface area contributed by atoms with Crippen molar-refractivity contribution >= 4 is 103 Å². The van der Waals surface area contributed by atoms with Crippen LogP contribution in [0.5, 0.6) is 0 Å². The summed E-state index contributed by atoms with van der Waals surface area (Å²) in [6.07, 6.45) is 0. The summed E-state index contributed by atoms with van der Waals surface area (Å²) in [6.45, 7) is 0. The van der Waals surface area contributed by atoms with E-state index >= 15 is 0 Å². The van der Waals surface area contributed by atoms with Gasteiger partial charge in [0.25, 0.3) is 0 Å². The maximum absolute atomic E-state index is 6.77. The minimum atomic E-state index is 0.908. The molecule has 0 aliphatic rings. The fraction of sp³-hybridized carbons (Fsp3) is 0. The van der Waals surface area contributed by atoms with Crippen LogP contribution in [0.1, 0.15) is 0 Å². The first-order valence-corrected chi connectivity index (χ1v) is 21.9. The molecule has 0 aliphatic carbocycles. The molecule has 13 rings (SSSR count). The van der Waals surface area contributed by atoms with Crippen LogP contribution in [0.4, 0.5) is 17.1 Å². The third-order valence-electron chi connectivity index (χ3n) is 12.6. The quantitative estimate of drug-likeness (QED) is 0.167. The molecule has 62 heavy (non-hydrogen) atoms. The molecule has 3 nitrogen and oxygen atoms in total. The smallest absolute Gasteiger partial charge is 0.143 e. The Morgan fingerprint density at radius 1 is 0.387 bits per heavy atom. The van der Waals surface area contributed by atoms with Gasteiger partial charge in [-0.2, -0.15) is 0 Å². The Kier molecular flexibility index (Phi) is 7.78. The first kappa shape index (κ1) is 34.9. The average Bonchev–Trinajstić information content (AvgIpc) is 4.02. The van der Waals surface area contributed by atoms with E-state index in [1.54, 1.807) is 0 Å². The normalized spacial score (nSPS) is 11.9. The molecule has 0 saturated heterocycles. The SMILES string of the molecule is c1ccc(-n2c3ccccc3c3c(N(c4ccc(-c5ccc6sc7ccccc7c6c5)cc4)c4ccc(-c5cccc6c5oc5c7ccccc7ccc65)cc4)cccc32)cc1. The summed E-state index contributed by atoms with van der Waals surface area (Å²) in [5.74, 6) is 0. The van der Waals surface area contributed by atoms with Crippen LogP contribution < -0.4 is 4.90 Å². The Morgan fingerprint density at radius 2 is 1.02 bits per heavy atom. The highest BCUT2D eigenvalue weighted by Gasteiger charge is 2.22. The number of nitrogens with zero attached hydrogens (tertiary/aromatic N) is 2. The van der Waals surface area contributed by atoms with Crippen LogP contribution in [0, 0.1) is 0 Å². The van der Waals surface area contributed by atoms with E-state index in [1.807, 2.05) is 11.3 Å². The second kappa shape index (κ2) is 13.8. The van der Waals surface area contributed by atoms with Gasteiger partial charge in [-0.25, -0.2) is 0 Å². The maximum Gasteiger partial charge on any atom is 0.143 e. The lowest BCUT2D eigenvalue weighted by molar-refractivity contribution is 0.674. The van der Waals surface area contributed by atoms with Crippen molar-refractivity contribution in [2.24, 2.45) is 0 Å². The Morgan fingerprint density at radius 3 is 1.85 bits per heavy atom. The lowest BCUT2D eigenvalue weighted by Crippen LogP contribution is -2.10. The summed E-state index contributed by atoms with van der Waals surface area (Å²) in [5.41, 5.74) is 13.2. The number of benzene rings is 10. The highest BCUT2D eigenvalue weighted by Crippen LogP contribution is 2.46. The van der Waals surface area contributed by atoms with Gasteiger partial charge in [0.05, 0.1) is 16.7 Å². The highest BCUT2D eigenvalue weighted by atomic mass is 32.1. The summed E-state index contributed by atoms with van der Waals surface area (Å²) in [7, 11) is 0. The summed E-state index contributed by atoms with van der Waals surface area (Å²) in [5, 5.41) is 9.61. The Hall–Kier alpha value is -7.92. The second-order valence-electron chi connectivity index (χ2n) is 16.0. The molecule has 0 atom stereocenters. The lowest BCUT2D eigenvalue weighted by Gasteiger charge is -2.27. The number of anilines is 3. The van der Waals surface area contributed by atoms with Crippen LogP contribution in [-0.2, 0) is 0 Å². The zero-order valence-electron chi connectivity index (χ0n) is 33.5. The van der Waals surface area contributed by atoms with Gasteiger partial charge in [0.15, 0.2) is 0 Å². The van der Waals surface area contributed by atoms with Crippen LogP contribution in [0.2, 0.25) is 0 Å². The molecular weight excluding hydrogens is 773 g/mol. The van der Waals surface area contributed by atoms with E-state index in [0.717, 1.165) is 66.7 Å². The number of para-hydroxylation sites is 3. The summed E-state index contributed by atoms with van der Waals surface area (Å²) < 4.78 is 11.8. The molecule has 0 radical (unpaired) electrons. The molecule has 0 bridgehead atoms. The minimum Gasteiger partial charge on any atom is -0.455 e. The van der Waals surface area contributed by atoms with E-state index < -0.39 is 0 Å². The van der Waals surface area contributed by atoms with Gasteiger partial charge in [0.1, 0.15) is 11.2 Å². The largest absolute Gasteiger partial charge is 0.455 e. The number of aromatic nitrogens is 1. The number of thiophene rings is 1. The molecule has 0 N–H and O–H groups in total. The van der Waals surface area contributed by atoms with Crippen molar-refractivity contribution in [3.05, 3.63) is 218 Å². The van der Waals surface area contributed by atoms with Gasteiger partial charge in [0.2, 0.25) is 0 Å². The van der Waals surface area contributed by atoms with Crippen LogP contribution in [0.25, 0.3) is 103 Å². The molecule has 10 aromatic carbocycles. The molecule has 0 unspecified atom stereocenters. The lowest BCUT2D eigenvalue weighted by atomic mass is 10.00. The van der Waals surface area contributed by atoms with Crippen LogP contribution in [-0.4, -0.2) is 4.57 Å². The van der Waals surface area contributed by atoms with Gasteiger partial charge in [0, 0.05) is 69.7 Å². The standard InChI is InChI=1S/C58H36N2OS/c1-2-13-41(14-3-1)60-51-20-8-6-17-49(51)56-52(21-11-22-53(56)60)59(42-30-24-37(25-31-42)40-29-35-55-50(36-40)46-16-7-9-23-54(46)62-55)43-32-26-39(27-33-43)45-18-10-19-47-48-34-28-38-12-4-5-15-44(38)58(48)61-57(45)47/h1-36H. The molecular formula is C58H36N2OS. The first-order valence-electron chi connectivity index (χ1n) is 21.1. The molecule has 0 spiro atoms. The van der Waals surface area contributed by atoms with Crippen LogP contribution in [0.3, 0.4) is 0 Å². The van der Waals surface area contributed by atoms with E-state index in [0.29, 0.717) is 0 Å². The number of fused-ring (bicyclic) bond motifs is 11. The Labute approximate surface area is 361 Å². The molecule has 0 saturated carbocycles. The van der Waals surface area contributed by atoms with Crippen molar-refractivity contribution in [1.29, 1.82) is 0 Å². The van der Waals surface area contributed by atoms with Gasteiger partial charge in [-0.15, -0.1) is 11.3 Å². The predicted octanol–water partition coefficient (Wildman–Crippen LogP) is 17.0. The first-order chi connectivity index (χ1) is 30.7. The fourth-order valence-corrected chi connectivity index (χ4v) is 10.8. The third kappa shape index (κ3) is 5.37. The highest BCUT2D eigenvalue weighted by molar-refractivity contribution is 7.25. The van der Waals surface area contributed by atoms with Gasteiger partial charge in [-0.05, 0) is 101 Å². The van der Waals surface area contributed by atoms with Crippen molar-refractivity contribution in [2.45, 2.75) is 0 Å². The minimum absolute atomic E-state index is 0.908. The van der Waals surface area contributed by atoms with E-state index in [-0.39, 0.29) is 0 Å². The molecule has 0 aliphatic heterocycles. The van der Waals surface area contributed by atoms with Gasteiger partial charge >= 0.3 is 0 Å². The van der Waals surface area contributed by atoms with Crippen molar-refractivity contribution in [3.63, 3.8) is 0 Å². The molecule has 0 amide bonds. The molecule has 3 aromatic heterocycles. The van der Waals surface area contributed by atoms with Gasteiger partial charge in [-0.3, -0.25) is 0 Å². The topological polar surface area (TPSA) is 21.3 Å². The number of rotatable bonds is 6. The molecule has 3 heterocycles. The third-order valence-corrected chi connectivity index (χ3v) is 13.7. The summed E-state index contributed by atoms with van der Waals surface area (Å²) in [6, 6.07) is 79.2. The Balaban J connectivity index is 0.978. The van der Waals surface area contributed by atoms with E-state index in [4.69, 9.17) is 4.42 Å². The molecule has 0 fully saturated rings. The van der Waals surface area contributed by atoms with Crippen molar-refractivity contribution in [3.8, 4) is 27.9 Å². The maximum atomic E-state index is 6.77. The predicted molar refractivity (Wildman–Crippen MR) is 264 cm³/mol.